The van der Waals surface area contributed by atoms with E-state index in [2.05, 4.69) is 41.4 Å². The van der Waals surface area contributed by atoms with Gasteiger partial charge < -0.3 is 21.3 Å². The van der Waals surface area contributed by atoms with Crippen LogP contribution in [-0.2, 0) is 38.3 Å². The van der Waals surface area contributed by atoms with Crippen LogP contribution in [0.3, 0.4) is 0 Å². The highest BCUT2D eigenvalue weighted by Gasteiger charge is 2.35. The minimum atomic E-state index is -4.92. The lowest BCUT2D eigenvalue weighted by molar-refractivity contribution is -0.140. The van der Waals surface area contributed by atoms with Crippen LogP contribution < -0.4 is 21.3 Å². The summed E-state index contributed by atoms with van der Waals surface area (Å²) in [7, 11) is 0. The molecule has 4 amide bonds. The summed E-state index contributed by atoms with van der Waals surface area (Å²) in [6, 6.07) is 15.2. The number of ketones is 2. The van der Waals surface area contributed by atoms with Gasteiger partial charge >= 0.3 is 12.4 Å². The quantitative estimate of drug-likeness (QED) is 0.0672. The minimum absolute atomic E-state index is 0.0372. The Morgan fingerprint density at radius 3 is 1.44 bits per heavy atom. The predicted octanol–water partition coefficient (Wildman–Crippen LogP) is 9.63. The van der Waals surface area contributed by atoms with Crippen molar-refractivity contribution in [2.45, 2.75) is 90.9 Å². The fourth-order valence-electron chi connectivity index (χ4n) is 10.0. The Morgan fingerprint density at radius 1 is 0.556 bits per heavy atom. The Labute approximate surface area is 453 Å². The number of amides is 4. The molecule has 0 radical (unpaired) electrons. The van der Waals surface area contributed by atoms with Crippen LogP contribution in [-0.4, -0.2) is 64.4 Å². The molecule has 2 aliphatic rings. The first-order valence-electron chi connectivity index (χ1n) is 24.8. The summed E-state index contributed by atoms with van der Waals surface area (Å²) in [5.74, 6) is -6.35. The van der Waals surface area contributed by atoms with Crippen molar-refractivity contribution in [2.75, 3.05) is 0 Å². The van der Waals surface area contributed by atoms with Gasteiger partial charge in [-0.2, -0.15) is 36.5 Å². The molecule has 16 nitrogen and oxygen atoms in total. The smallest absolute Gasteiger partial charge is 0.347 e. The largest absolute Gasteiger partial charge is 0.419 e. The molecule has 4 aromatic carbocycles. The summed E-state index contributed by atoms with van der Waals surface area (Å²) in [5.41, 5.74) is 2.60. The summed E-state index contributed by atoms with van der Waals surface area (Å²) in [6.45, 7) is 6.02. The van der Waals surface area contributed by atoms with Crippen molar-refractivity contribution in [2.24, 2.45) is 0 Å². The van der Waals surface area contributed by atoms with Crippen LogP contribution in [0.4, 0.5) is 39.5 Å². The maximum absolute atomic E-state index is 14.4. The second kappa shape index (κ2) is 22.1. The van der Waals surface area contributed by atoms with Crippen molar-refractivity contribution in [3.05, 3.63) is 198 Å². The van der Waals surface area contributed by atoms with Crippen LogP contribution in [0.1, 0.15) is 157 Å². The lowest BCUT2D eigenvalue weighted by Crippen LogP contribution is -2.30. The molecule has 4 N–H and O–H groups in total. The number of fused-ring (bicyclic) bond motifs is 4. The normalized spacial score (nSPS) is 14.7. The molecule has 0 spiro atoms. The molecule has 4 aromatic heterocycles. The Balaban J connectivity index is 0.000000196. The fourth-order valence-corrected chi connectivity index (χ4v) is 10.0. The summed E-state index contributed by atoms with van der Waals surface area (Å²) in [6.07, 6.45) is -5.36. The standard InChI is InChI=1S/C28H22F5N5O3.C28H23F4N5O3/c1-13-16(14(2)39)4-5-18-17(13)6-8-22(18)37-27(41)24-10-23(36-25-21(30)12-35-38(24)25)26(40)34-11-15-3-7-20(29)19(9-15)28(31,32)33;1-14-18(15(2)38)6-7-20-19(14)8-9-22(20)36-27(40)24-11-23(35-25-21(29)13-34-37(24)25)26(39)33-12-16-4-3-5-17(10-16)28(30,31)32/h3-5,7,9-10,12,22H,6,8,11H2,1-2H3,(H,34,40)(H,37,41);3-7,10-11,13,22H,8-9,12H2,1-2H3,(H,33,39)(H,36,40)/t2*22-/m00/s1. The minimum Gasteiger partial charge on any atom is -0.347 e. The van der Waals surface area contributed by atoms with Gasteiger partial charge in [0.1, 0.15) is 28.6 Å². The van der Waals surface area contributed by atoms with Crippen LogP contribution >= 0.6 is 0 Å². The number of hydrogen-bond donors (Lipinski definition) is 4. The van der Waals surface area contributed by atoms with Crippen LogP contribution in [0.2, 0.25) is 0 Å². The molecule has 8 aromatic rings. The van der Waals surface area contributed by atoms with E-state index in [1.54, 1.807) is 24.3 Å². The number of carbonyl (C=O) groups excluding carboxylic acids is 6. The van der Waals surface area contributed by atoms with E-state index in [1.165, 1.54) is 26.0 Å². The molecule has 0 unspecified atom stereocenters. The summed E-state index contributed by atoms with van der Waals surface area (Å²) in [4.78, 5) is 84.2. The molecule has 25 heteroatoms. The van der Waals surface area contributed by atoms with Gasteiger partial charge in [0.15, 0.2) is 34.5 Å². The van der Waals surface area contributed by atoms with Gasteiger partial charge in [-0.1, -0.05) is 42.5 Å². The predicted molar refractivity (Wildman–Crippen MR) is 270 cm³/mol. The van der Waals surface area contributed by atoms with E-state index >= 15 is 0 Å². The Bertz CT molecular complexity index is 3910. The second-order valence-electron chi connectivity index (χ2n) is 19.2. The zero-order chi connectivity index (χ0) is 58.4. The lowest BCUT2D eigenvalue weighted by Gasteiger charge is -2.16. The molecule has 0 fully saturated rings. The van der Waals surface area contributed by atoms with E-state index in [-0.39, 0.29) is 63.7 Å². The monoisotopic (exact) mass is 1120 g/mol. The first-order valence-corrected chi connectivity index (χ1v) is 24.8. The van der Waals surface area contributed by atoms with Gasteiger partial charge in [0.2, 0.25) is 0 Å². The fraction of sp³-hybridized carbons (Fsp3) is 0.250. The van der Waals surface area contributed by atoms with Crippen molar-refractivity contribution < 1.29 is 68.3 Å². The number of rotatable bonds is 12. The highest BCUT2D eigenvalue weighted by molar-refractivity contribution is 6.00. The number of nitrogens with one attached hydrogen (secondary N) is 4. The van der Waals surface area contributed by atoms with Crippen molar-refractivity contribution >= 4 is 46.5 Å². The molecular formula is C56H45F9N10O6. The van der Waals surface area contributed by atoms with Crippen LogP contribution in [0.25, 0.3) is 11.3 Å². The van der Waals surface area contributed by atoms with E-state index in [9.17, 15) is 68.3 Å². The molecule has 0 aliphatic heterocycles. The van der Waals surface area contributed by atoms with E-state index < -0.39 is 82.8 Å². The third kappa shape index (κ3) is 11.6. The molecular weight excluding hydrogens is 1080 g/mol. The van der Waals surface area contributed by atoms with Gasteiger partial charge in [-0.05, 0) is 122 Å². The average molecular weight is 1130 g/mol. The van der Waals surface area contributed by atoms with E-state index in [0.29, 0.717) is 48.9 Å². The molecule has 0 saturated heterocycles. The van der Waals surface area contributed by atoms with Gasteiger partial charge in [-0.25, -0.2) is 32.2 Å². The van der Waals surface area contributed by atoms with Crippen LogP contribution in [0.5, 0.6) is 0 Å². The number of benzene rings is 4. The third-order valence-electron chi connectivity index (χ3n) is 14.0. The number of aromatic nitrogens is 6. The topological polar surface area (TPSA) is 211 Å². The molecule has 81 heavy (non-hydrogen) atoms. The molecule has 2 atom stereocenters. The number of alkyl halides is 6. The number of Topliss-reactive ketones (excluding diaryl/α,β-unsaturated/α-hetero) is 2. The van der Waals surface area contributed by atoms with Gasteiger partial charge in [-0.3, -0.25) is 28.8 Å². The first kappa shape index (κ1) is 56.4. The third-order valence-corrected chi connectivity index (χ3v) is 14.0. The van der Waals surface area contributed by atoms with E-state index in [1.807, 2.05) is 13.8 Å². The zero-order valence-corrected chi connectivity index (χ0v) is 43.1. The van der Waals surface area contributed by atoms with Gasteiger partial charge in [0.25, 0.3) is 23.6 Å². The Hall–Kier alpha value is -9.29. The van der Waals surface area contributed by atoms with E-state index in [4.69, 9.17) is 0 Å². The molecule has 2 aliphatic carbocycles. The molecule has 0 bridgehead atoms. The van der Waals surface area contributed by atoms with Crippen LogP contribution in [0.15, 0.2) is 91.3 Å². The molecule has 0 saturated carbocycles. The van der Waals surface area contributed by atoms with Crippen molar-refractivity contribution in [1.29, 1.82) is 0 Å². The highest BCUT2D eigenvalue weighted by Crippen LogP contribution is 2.37. The SMILES string of the molecule is CC(=O)c1ccc2c(c1C)CC[C@@H]2NC(=O)c1cc(C(=O)NCc2ccc(F)c(C(F)(F)F)c2)nc2c(F)cnn12.CC(=O)c1ccc2c(c1C)CC[C@@H]2NC(=O)c1cc(C(=O)NCc2cccc(C(F)(F)F)c2)nc2c(F)cnn12. The summed E-state index contributed by atoms with van der Waals surface area (Å²) in [5, 5.41) is 18.3. The molecule has 4 heterocycles. The van der Waals surface area contributed by atoms with Crippen molar-refractivity contribution in [3.8, 4) is 0 Å². The number of halogens is 9. The van der Waals surface area contributed by atoms with Gasteiger partial charge in [0, 0.05) is 36.3 Å². The number of nitrogens with zero attached hydrogens (tertiary/aromatic N) is 6. The second-order valence-corrected chi connectivity index (χ2v) is 19.2. The van der Waals surface area contributed by atoms with Crippen LogP contribution in [0, 0.1) is 31.3 Å². The number of carbonyl (C=O) groups is 6. The zero-order valence-electron chi connectivity index (χ0n) is 43.1. The Morgan fingerprint density at radius 2 is 1.01 bits per heavy atom. The summed E-state index contributed by atoms with van der Waals surface area (Å²) >= 11 is 0. The first-order chi connectivity index (χ1) is 38.3. The average Bonchev–Trinajstić information content (AvgIpc) is 4.28. The van der Waals surface area contributed by atoms with E-state index in [0.717, 1.165) is 85.1 Å². The van der Waals surface area contributed by atoms with Gasteiger partial charge in [0.05, 0.1) is 35.6 Å². The maximum Gasteiger partial charge on any atom is 0.419 e. The van der Waals surface area contributed by atoms with Gasteiger partial charge in [-0.15, -0.1) is 0 Å². The highest BCUT2D eigenvalue weighted by atomic mass is 19.4. The maximum atomic E-state index is 14.4. The molecule has 10 rings (SSSR count). The van der Waals surface area contributed by atoms with Crippen molar-refractivity contribution in [1.82, 2.24) is 50.5 Å². The summed E-state index contributed by atoms with van der Waals surface area (Å²) < 4.78 is 123. The molecule has 418 valence electrons. The number of hydrogen-bond acceptors (Lipinski definition) is 10. The lowest BCUT2D eigenvalue weighted by atomic mass is 9.96. The Kier molecular flexibility index (Phi) is 15.4. The van der Waals surface area contributed by atoms with Crippen molar-refractivity contribution in [3.63, 3.8) is 0 Å².